The third-order valence-electron chi connectivity index (χ3n) is 3.24. The summed E-state index contributed by atoms with van der Waals surface area (Å²) >= 11 is 6.02. The predicted octanol–water partition coefficient (Wildman–Crippen LogP) is 3.02. The van der Waals surface area contributed by atoms with Gasteiger partial charge >= 0.3 is 0 Å². The van der Waals surface area contributed by atoms with Gasteiger partial charge in [0.25, 0.3) is 0 Å². The molecule has 2 N–H and O–H groups in total. The first-order valence-corrected chi connectivity index (χ1v) is 6.37. The molecule has 2 unspecified atom stereocenters. The number of benzene rings is 1. The molecule has 2 atom stereocenters. The highest BCUT2D eigenvalue weighted by Crippen LogP contribution is 2.31. The Bertz CT molecular complexity index is 530. The second-order valence-electron chi connectivity index (χ2n) is 4.47. The summed E-state index contributed by atoms with van der Waals surface area (Å²) in [5.74, 6) is 0. The Morgan fingerprint density at radius 3 is 2.56 bits per heavy atom. The zero-order chi connectivity index (χ0) is 12.4. The van der Waals surface area contributed by atoms with Gasteiger partial charge in [-0.25, -0.2) is 10.9 Å². The first kappa shape index (κ1) is 11.7. The van der Waals surface area contributed by atoms with Crippen LogP contribution in [-0.2, 0) is 0 Å². The Morgan fingerprint density at radius 2 is 1.83 bits per heavy atom. The third kappa shape index (κ3) is 2.38. The summed E-state index contributed by atoms with van der Waals surface area (Å²) in [5.41, 5.74) is 9.03. The highest BCUT2D eigenvalue weighted by molar-refractivity contribution is 6.30. The summed E-state index contributed by atoms with van der Waals surface area (Å²) in [5, 5.41) is 0.777. The van der Waals surface area contributed by atoms with Crippen molar-refractivity contribution < 1.29 is 0 Å². The summed E-state index contributed by atoms with van der Waals surface area (Å²) in [6.45, 7) is 0. The van der Waals surface area contributed by atoms with Gasteiger partial charge in [-0.05, 0) is 35.7 Å². The van der Waals surface area contributed by atoms with Crippen LogP contribution in [0, 0.1) is 0 Å². The van der Waals surface area contributed by atoms with Crippen LogP contribution in [0.5, 0.6) is 0 Å². The molecular formula is C14H14ClN3. The molecule has 0 spiro atoms. The smallest absolute Gasteiger partial charge is 0.0496 e. The molecule has 92 valence electrons. The topological polar surface area (TPSA) is 37.0 Å². The number of nitrogens with zero attached hydrogens (tertiary/aromatic N) is 1. The number of aromatic nitrogens is 1. The second-order valence-corrected chi connectivity index (χ2v) is 4.91. The van der Waals surface area contributed by atoms with Crippen LogP contribution in [0.3, 0.4) is 0 Å². The molecule has 2 heterocycles. The number of hydrogen-bond donors (Lipinski definition) is 2. The van der Waals surface area contributed by atoms with Gasteiger partial charge in [-0.2, -0.15) is 0 Å². The second kappa shape index (κ2) is 5.06. The van der Waals surface area contributed by atoms with Crippen molar-refractivity contribution in [3.8, 4) is 0 Å². The minimum absolute atomic E-state index is 0.286. The number of halogens is 1. The lowest BCUT2D eigenvalue weighted by atomic mass is 9.99. The van der Waals surface area contributed by atoms with Crippen LogP contribution in [0.4, 0.5) is 0 Å². The predicted molar refractivity (Wildman–Crippen MR) is 72.1 cm³/mol. The zero-order valence-corrected chi connectivity index (χ0v) is 10.6. The van der Waals surface area contributed by atoms with E-state index in [1.807, 2.05) is 30.5 Å². The summed E-state index contributed by atoms with van der Waals surface area (Å²) in [4.78, 5) is 4.15. The van der Waals surface area contributed by atoms with Crippen LogP contribution in [-0.4, -0.2) is 4.98 Å². The van der Waals surface area contributed by atoms with E-state index in [0.717, 1.165) is 11.4 Å². The van der Waals surface area contributed by atoms with Crippen molar-refractivity contribution in [2.24, 2.45) is 0 Å². The van der Waals surface area contributed by atoms with E-state index in [1.165, 1.54) is 11.1 Å². The molecule has 1 saturated heterocycles. The molecule has 3 nitrogen and oxygen atoms in total. The van der Waals surface area contributed by atoms with Crippen LogP contribution in [0.1, 0.15) is 29.6 Å². The van der Waals surface area contributed by atoms with Crippen molar-refractivity contribution in [2.45, 2.75) is 18.5 Å². The standard InChI is InChI=1S/C14H14ClN3/c15-12-5-1-3-10(7-12)13-8-14(18-17-13)11-4-2-6-16-9-11/h1-7,9,13-14,17-18H,8H2. The van der Waals surface area contributed by atoms with Gasteiger partial charge in [0.1, 0.15) is 0 Å². The normalized spacial score (nSPS) is 23.2. The molecule has 0 radical (unpaired) electrons. The van der Waals surface area contributed by atoms with Crippen molar-refractivity contribution in [1.29, 1.82) is 0 Å². The summed E-state index contributed by atoms with van der Waals surface area (Å²) in [6, 6.07) is 12.6. The first-order valence-electron chi connectivity index (χ1n) is 5.99. The Kier molecular flexibility index (Phi) is 3.28. The van der Waals surface area contributed by atoms with E-state index in [2.05, 4.69) is 28.0 Å². The maximum Gasteiger partial charge on any atom is 0.0496 e. The fourth-order valence-corrected chi connectivity index (χ4v) is 2.50. The number of hydrogen-bond acceptors (Lipinski definition) is 3. The van der Waals surface area contributed by atoms with Crippen LogP contribution in [0.2, 0.25) is 5.02 Å². The molecule has 0 saturated carbocycles. The van der Waals surface area contributed by atoms with Crippen LogP contribution in [0.25, 0.3) is 0 Å². The van der Waals surface area contributed by atoms with E-state index in [1.54, 1.807) is 6.20 Å². The largest absolute Gasteiger partial charge is 0.264 e. The van der Waals surface area contributed by atoms with Gasteiger partial charge in [0.05, 0.1) is 0 Å². The lowest BCUT2D eigenvalue weighted by Crippen LogP contribution is -2.26. The molecule has 0 aliphatic carbocycles. The Labute approximate surface area is 111 Å². The molecule has 1 aromatic carbocycles. The van der Waals surface area contributed by atoms with Gasteiger partial charge < -0.3 is 0 Å². The van der Waals surface area contributed by atoms with Crippen LogP contribution < -0.4 is 10.9 Å². The maximum absolute atomic E-state index is 6.02. The molecule has 0 bridgehead atoms. The van der Waals surface area contributed by atoms with Crippen LogP contribution in [0.15, 0.2) is 48.8 Å². The molecular weight excluding hydrogens is 246 g/mol. The molecule has 1 aliphatic rings. The molecule has 1 aliphatic heterocycles. The lowest BCUT2D eigenvalue weighted by molar-refractivity contribution is 0.554. The van der Waals surface area contributed by atoms with E-state index < -0.39 is 0 Å². The molecule has 1 aromatic heterocycles. The number of nitrogens with one attached hydrogen (secondary N) is 2. The van der Waals surface area contributed by atoms with E-state index >= 15 is 0 Å². The molecule has 2 aromatic rings. The average molecular weight is 260 g/mol. The highest BCUT2D eigenvalue weighted by Gasteiger charge is 2.26. The Hall–Kier alpha value is -1.42. The first-order chi connectivity index (χ1) is 8.83. The van der Waals surface area contributed by atoms with Gasteiger partial charge in [0.2, 0.25) is 0 Å². The van der Waals surface area contributed by atoms with Gasteiger partial charge in [-0.3, -0.25) is 4.98 Å². The molecule has 18 heavy (non-hydrogen) atoms. The molecule has 1 fully saturated rings. The van der Waals surface area contributed by atoms with Gasteiger partial charge in [0, 0.05) is 29.5 Å². The van der Waals surface area contributed by atoms with E-state index in [4.69, 9.17) is 11.6 Å². The van der Waals surface area contributed by atoms with Crippen molar-refractivity contribution in [3.63, 3.8) is 0 Å². The van der Waals surface area contributed by atoms with Gasteiger partial charge in [0.15, 0.2) is 0 Å². The fraction of sp³-hybridized carbons (Fsp3) is 0.214. The summed E-state index contributed by atoms with van der Waals surface area (Å²) < 4.78 is 0. The van der Waals surface area contributed by atoms with Crippen molar-refractivity contribution in [1.82, 2.24) is 15.8 Å². The summed E-state index contributed by atoms with van der Waals surface area (Å²) in [6.07, 6.45) is 4.69. The summed E-state index contributed by atoms with van der Waals surface area (Å²) in [7, 11) is 0. The minimum atomic E-state index is 0.286. The number of rotatable bonds is 2. The van der Waals surface area contributed by atoms with Crippen molar-refractivity contribution in [2.75, 3.05) is 0 Å². The zero-order valence-electron chi connectivity index (χ0n) is 9.81. The Morgan fingerprint density at radius 1 is 1.06 bits per heavy atom. The van der Waals surface area contributed by atoms with Crippen molar-refractivity contribution >= 4 is 11.6 Å². The van der Waals surface area contributed by atoms with Crippen molar-refractivity contribution in [3.05, 3.63) is 64.9 Å². The monoisotopic (exact) mass is 259 g/mol. The van der Waals surface area contributed by atoms with E-state index in [0.29, 0.717) is 6.04 Å². The van der Waals surface area contributed by atoms with E-state index in [-0.39, 0.29) is 6.04 Å². The van der Waals surface area contributed by atoms with Crippen LogP contribution >= 0.6 is 11.6 Å². The lowest BCUT2D eigenvalue weighted by Gasteiger charge is -2.10. The van der Waals surface area contributed by atoms with Gasteiger partial charge in [-0.1, -0.05) is 29.8 Å². The van der Waals surface area contributed by atoms with E-state index in [9.17, 15) is 0 Å². The maximum atomic E-state index is 6.02. The van der Waals surface area contributed by atoms with Gasteiger partial charge in [-0.15, -0.1) is 0 Å². The number of hydrazine groups is 1. The minimum Gasteiger partial charge on any atom is -0.264 e. The molecule has 3 rings (SSSR count). The average Bonchev–Trinajstić information content (AvgIpc) is 2.89. The number of pyridine rings is 1. The Balaban J connectivity index is 1.76. The quantitative estimate of drug-likeness (QED) is 0.871. The SMILES string of the molecule is Clc1cccc(C2CC(c3cccnc3)NN2)c1. The molecule has 4 heteroatoms. The molecule has 0 amide bonds. The fourth-order valence-electron chi connectivity index (χ4n) is 2.30. The third-order valence-corrected chi connectivity index (χ3v) is 3.48. The highest BCUT2D eigenvalue weighted by atomic mass is 35.5.